The van der Waals surface area contributed by atoms with Crippen LogP contribution in [0.15, 0.2) is 12.1 Å². The van der Waals surface area contributed by atoms with Gasteiger partial charge in [0, 0.05) is 12.1 Å². The Hall–Kier alpha value is -0.763. The lowest BCUT2D eigenvalue weighted by atomic mass is 10.0. The highest BCUT2D eigenvalue weighted by Gasteiger charge is 2.35. The van der Waals surface area contributed by atoms with Gasteiger partial charge < -0.3 is 15.5 Å². The van der Waals surface area contributed by atoms with Gasteiger partial charge in [-0.2, -0.15) is 13.2 Å². The Morgan fingerprint density at radius 2 is 1.75 bits per heavy atom. The van der Waals surface area contributed by atoms with Crippen molar-refractivity contribution in [1.82, 2.24) is 5.32 Å². The Morgan fingerprint density at radius 1 is 1.21 bits per heavy atom. The van der Waals surface area contributed by atoms with Crippen LogP contribution in [0.5, 0.6) is 0 Å². The lowest BCUT2D eigenvalue weighted by molar-refractivity contribution is -0.137. The molecule has 1 unspecified atom stereocenters. The van der Waals surface area contributed by atoms with Gasteiger partial charge in [0.25, 0.3) is 0 Å². The van der Waals surface area contributed by atoms with Crippen molar-refractivity contribution in [3.63, 3.8) is 0 Å². The molecule has 0 aliphatic heterocycles. The van der Waals surface area contributed by atoms with E-state index < -0.39 is 31.8 Å². The number of nitrogens with one attached hydrogen (secondary N) is 1. The van der Waals surface area contributed by atoms with Crippen LogP contribution in [-0.4, -0.2) is 20.4 Å². The monoisotopic (exact) mass is 382 g/mol. The molecule has 0 saturated carbocycles. The second kappa shape index (κ2) is 7.23. The second-order valence-corrected chi connectivity index (χ2v) is 12.7. The topological polar surface area (TPSA) is 47.3 Å². The number of anilines is 1. The van der Waals surface area contributed by atoms with E-state index in [0.29, 0.717) is 12.1 Å². The molecule has 0 aliphatic rings. The molecule has 1 atom stereocenters. The van der Waals surface area contributed by atoms with Crippen molar-refractivity contribution in [2.75, 3.05) is 12.3 Å². The van der Waals surface area contributed by atoms with Crippen LogP contribution in [0.4, 0.5) is 18.9 Å². The summed E-state index contributed by atoms with van der Waals surface area (Å²) in [6.45, 7) is 12.3. The maximum absolute atomic E-state index is 13.2. The smallest absolute Gasteiger partial charge is 0.409 e. The third kappa shape index (κ3) is 6.62. The molecule has 0 heterocycles. The maximum atomic E-state index is 13.2. The number of alkyl halides is 3. The van der Waals surface area contributed by atoms with E-state index in [0.717, 1.165) is 6.07 Å². The number of benzene rings is 1. The van der Waals surface area contributed by atoms with Crippen molar-refractivity contribution in [2.24, 2.45) is 0 Å². The summed E-state index contributed by atoms with van der Waals surface area (Å²) in [6, 6.07) is 2.50. The first-order chi connectivity index (χ1) is 10.6. The molecule has 0 radical (unpaired) electrons. The molecule has 0 fully saturated rings. The molecule has 1 aromatic carbocycles. The first kappa shape index (κ1) is 21.3. The standard InChI is InChI=1S/C16H26ClF3N2OSi/c1-15(2,3)22-9-13(23-24(4,5)6)10-7-11(16(18,19)20)14(21)12(17)8-10/h7-8,13,22H,9,21H2,1-6H3. The fraction of sp³-hybridized carbons (Fsp3) is 0.625. The zero-order chi connectivity index (χ0) is 18.9. The predicted octanol–water partition coefficient (Wildman–Crippen LogP) is 5.22. The Kier molecular flexibility index (Phi) is 6.41. The molecule has 3 nitrogen and oxygen atoms in total. The third-order valence-electron chi connectivity index (χ3n) is 3.14. The van der Waals surface area contributed by atoms with Crippen molar-refractivity contribution in [2.45, 2.75) is 58.2 Å². The predicted molar refractivity (Wildman–Crippen MR) is 95.8 cm³/mol. The molecule has 1 rings (SSSR count). The summed E-state index contributed by atoms with van der Waals surface area (Å²) in [5, 5.41) is 3.17. The van der Waals surface area contributed by atoms with Gasteiger partial charge in [0.15, 0.2) is 8.32 Å². The molecular formula is C16H26ClF3N2OSi. The average molecular weight is 383 g/mol. The van der Waals surface area contributed by atoms with Gasteiger partial charge >= 0.3 is 6.18 Å². The lowest BCUT2D eigenvalue weighted by Gasteiger charge is -2.31. The van der Waals surface area contributed by atoms with E-state index >= 15 is 0 Å². The van der Waals surface area contributed by atoms with Gasteiger partial charge in [-0.25, -0.2) is 0 Å². The molecule has 0 saturated heterocycles. The Bertz CT molecular complexity index is 580. The fourth-order valence-corrected chi connectivity index (χ4v) is 3.41. The Morgan fingerprint density at radius 3 is 2.17 bits per heavy atom. The van der Waals surface area contributed by atoms with Gasteiger partial charge in [0.2, 0.25) is 0 Å². The summed E-state index contributed by atoms with van der Waals surface area (Å²) in [5.74, 6) is 0. The molecule has 0 aromatic heterocycles. The van der Waals surface area contributed by atoms with E-state index in [2.05, 4.69) is 5.32 Å². The minimum Gasteiger partial charge on any atom is -0.409 e. The van der Waals surface area contributed by atoms with Gasteiger partial charge in [-0.15, -0.1) is 0 Å². The minimum atomic E-state index is -4.56. The van der Waals surface area contributed by atoms with Gasteiger partial charge in [0.05, 0.1) is 22.4 Å². The van der Waals surface area contributed by atoms with Crippen LogP contribution >= 0.6 is 11.6 Å². The maximum Gasteiger partial charge on any atom is 0.418 e. The highest BCUT2D eigenvalue weighted by molar-refractivity contribution is 6.69. The van der Waals surface area contributed by atoms with Crippen molar-refractivity contribution >= 4 is 25.6 Å². The zero-order valence-electron chi connectivity index (χ0n) is 14.9. The molecule has 0 amide bonds. The summed E-state index contributed by atoms with van der Waals surface area (Å²) < 4.78 is 45.7. The summed E-state index contributed by atoms with van der Waals surface area (Å²) in [5.41, 5.74) is 4.31. The molecule has 1 aromatic rings. The molecule has 0 bridgehead atoms. The molecule has 3 N–H and O–H groups in total. The average Bonchev–Trinajstić information content (AvgIpc) is 2.34. The number of hydrogen-bond acceptors (Lipinski definition) is 3. The number of halogens is 4. The van der Waals surface area contributed by atoms with Crippen LogP contribution in [0.1, 0.15) is 38.0 Å². The molecule has 138 valence electrons. The van der Waals surface area contributed by atoms with Crippen molar-refractivity contribution in [1.29, 1.82) is 0 Å². The fourth-order valence-electron chi connectivity index (χ4n) is 2.11. The van der Waals surface area contributed by atoms with Crippen molar-refractivity contribution in [3.8, 4) is 0 Å². The summed E-state index contributed by atoms with van der Waals surface area (Å²) >= 11 is 5.94. The normalized spacial score (nSPS) is 14.8. The van der Waals surface area contributed by atoms with E-state index in [9.17, 15) is 13.2 Å². The quantitative estimate of drug-likeness (QED) is 0.542. The zero-order valence-corrected chi connectivity index (χ0v) is 16.7. The van der Waals surface area contributed by atoms with Gasteiger partial charge in [-0.3, -0.25) is 0 Å². The number of nitrogens with two attached hydrogens (primary N) is 1. The highest BCUT2D eigenvalue weighted by atomic mass is 35.5. The minimum absolute atomic E-state index is 0.111. The number of rotatable bonds is 5. The molecule has 24 heavy (non-hydrogen) atoms. The van der Waals surface area contributed by atoms with E-state index in [-0.39, 0.29) is 10.6 Å². The largest absolute Gasteiger partial charge is 0.418 e. The molecule has 0 aliphatic carbocycles. The van der Waals surface area contributed by atoms with E-state index in [1.165, 1.54) is 6.07 Å². The van der Waals surface area contributed by atoms with Crippen LogP contribution in [-0.2, 0) is 10.6 Å². The van der Waals surface area contributed by atoms with Crippen LogP contribution in [0.2, 0.25) is 24.7 Å². The van der Waals surface area contributed by atoms with E-state index in [1.807, 2.05) is 40.4 Å². The molecule has 8 heteroatoms. The lowest BCUT2D eigenvalue weighted by Crippen LogP contribution is -2.41. The summed E-state index contributed by atoms with van der Waals surface area (Å²) in [6.07, 6.45) is -5.10. The van der Waals surface area contributed by atoms with Crippen LogP contribution in [0.3, 0.4) is 0 Å². The van der Waals surface area contributed by atoms with Crippen molar-refractivity contribution in [3.05, 3.63) is 28.3 Å². The third-order valence-corrected chi connectivity index (χ3v) is 4.45. The van der Waals surface area contributed by atoms with E-state index in [1.54, 1.807) is 0 Å². The SMILES string of the molecule is CC(C)(C)NCC(O[Si](C)(C)C)c1cc(Cl)c(N)c(C(F)(F)F)c1. The van der Waals surface area contributed by atoms with Crippen molar-refractivity contribution < 1.29 is 17.6 Å². The van der Waals surface area contributed by atoms with Gasteiger partial charge in [0.1, 0.15) is 0 Å². The Balaban J connectivity index is 3.29. The summed E-state index contributed by atoms with van der Waals surface area (Å²) in [7, 11) is -1.99. The molecular weight excluding hydrogens is 357 g/mol. The Labute approximate surface area is 147 Å². The van der Waals surface area contributed by atoms with E-state index in [4.69, 9.17) is 21.8 Å². The van der Waals surface area contributed by atoms with Crippen LogP contribution in [0.25, 0.3) is 0 Å². The summed E-state index contributed by atoms with van der Waals surface area (Å²) in [4.78, 5) is 0. The number of nitrogen functional groups attached to an aromatic ring is 1. The second-order valence-electron chi connectivity index (χ2n) is 7.81. The molecule has 0 spiro atoms. The van der Waals surface area contributed by atoms with Gasteiger partial charge in [-0.1, -0.05) is 11.6 Å². The van der Waals surface area contributed by atoms with Crippen LogP contribution in [0, 0.1) is 0 Å². The van der Waals surface area contributed by atoms with Gasteiger partial charge in [-0.05, 0) is 58.1 Å². The first-order valence-electron chi connectivity index (χ1n) is 7.69. The first-order valence-corrected chi connectivity index (χ1v) is 11.5. The highest BCUT2D eigenvalue weighted by Crippen LogP contribution is 2.39. The van der Waals surface area contributed by atoms with Crippen LogP contribution < -0.4 is 11.1 Å². The number of hydrogen-bond donors (Lipinski definition) is 2.